The van der Waals surface area contributed by atoms with Crippen LogP contribution in [0.5, 0.6) is 0 Å². The molecule has 0 radical (unpaired) electrons. The molecule has 2 aromatic carbocycles. The van der Waals surface area contributed by atoms with E-state index in [1.807, 2.05) is 36.4 Å². The molecule has 1 aromatic heterocycles. The highest BCUT2D eigenvalue weighted by Crippen LogP contribution is 2.37. The minimum atomic E-state index is -0.0773. The Morgan fingerprint density at radius 1 is 1.23 bits per heavy atom. The first-order valence-corrected chi connectivity index (χ1v) is 8.62. The van der Waals surface area contributed by atoms with Crippen LogP contribution in [0.1, 0.15) is 34.6 Å². The van der Waals surface area contributed by atoms with Crippen LogP contribution in [0.4, 0.5) is 5.82 Å². The van der Waals surface area contributed by atoms with Gasteiger partial charge in [0.05, 0.1) is 24.4 Å². The van der Waals surface area contributed by atoms with Crippen LogP contribution in [0, 0.1) is 11.3 Å². The van der Waals surface area contributed by atoms with Crippen molar-refractivity contribution < 1.29 is 4.79 Å². The largest absolute Gasteiger partial charge is 0.311 e. The zero-order chi connectivity index (χ0) is 18.1. The fraction of sp³-hybridized carbons (Fsp3) is 0.150. The Labute approximate surface area is 155 Å². The molecule has 0 bridgehead atoms. The number of hydrogen-bond donors (Lipinski definition) is 1. The van der Waals surface area contributed by atoms with Crippen molar-refractivity contribution in [3.05, 3.63) is 82.0 Å². The van der Waals surface area contributed by atoms with Crippen molar-refractivity contribution in [1.29, 1.82) is 5.26 Å². The maximum absolute atomic E-state index is 12.3. The Bertz CT molecular complexity index is 1020. The second kappa shape index (κ2) is 6.66. The van der Waals surface area contributed by atoms with E-state index in [4.69, 9.17) is 16.9 Å². The average Bonchev–Trinajstić information content (AvgIpc) is 3.05. The van der Waals surface area contributed by atoms with E-state index in [0.29, 0.717) is 29.4 Å². The highest BCUT2D eigenvalue weighted by atomic mass is 35.5. The number of nitriles is 1. The van der Waals surface area contributed by atoms with Gasteiger partial charge in [-0.3, -0.25) is 4.79 Å². The van der Waals surface area contributed by atoms with Crippen LogP contribution in [0.2, 0.25) is 5.02 Å². The molecule has 0 saturated carbocycles. The van der Waals surface area contributed by atoms with Gasteiger partial charge in [0.15, 0.2) is 0 Å². The first-order valence-electron chi connectivity index (χ1n) is 8.24. The van der Waals surface area contributed by atoms with Crippen LogP contribution in [-0.4, -0.2) is 15.7 Å². The monoisotopic (exact) mass is 362 g/mol. The average molecular weight is 363 g/mol. The van der Waals surface area contributed by atoms with Crippen molar-refractivity contribution in [1.82, 2.24) is 9.78 Å². The van der Waals surface area contributed by atoms with E-state index < -0.39 is 0 Å². The summed E-state index contributed by atoms with van der Waals surface area (Å²) >= 11 is 6.25. The third-order valence-corrected chi connectivity index (χ3v) is 4.98. The van der Waals surface area contributed by atoms with Crippen LogP contribution >= 0.6 is 11.6 Å². The summed E-state index contributed by atoms with van der Waals surface area (Å²) in [6, 6.07) is 17.0. The lowest BCUT2D eigenvalue weighted by molar-refractivity contribution is -0.116. The number of rotatable bonds is 3. The van der Waals surface area contributed by atoms with Gasteiger partial charge in [0.2, 0.25) is 5.91 Å². The fourth-order valence-electron chi connectivity index (χ4n) is 3.27. The van der Waals surface area contributed by atoms with Gasteiger partial charge in [-0.1, -0.05) is 41.9 Å². The molecule has 1 N–H and O–H groups in total. The van der Waals surface area contributed by atoms with Crippen molar-refractivity contribution in [2.24, 2.45) is 0 Å². The number of anilines is 1. The molecule has 2 heterocycles. The third-order valence-electron chi connectivity index (χ3n) is 4.61. The summed E-state index contributed by atoms with van der Waals surface area (Å²) in [5.41, 5.74) is 3.51. The standard InChI is InChI=1S/C20H15ClN4O/c21-18-4-2-1-3-15(18)12-25-20-17(11-23-25)16(9-19(26)24-20)14-7-5-13(10-22)6-8-14/h1-8,11,16H,9,12H2,(H,24,26)/t16-/m1/s1. The van der Waals surface area contributed by atoms with E-state index in [-0.39, 0.29) is 11.8 Å². The second-order valence-electron chi connectivity index (χ2n) is 6.24. The van der Waals surface area contributed by atoms with E-state index in [2.05, 4.69) is 16.5 Å². The van der Waals surface area contributed by atoms with Crippen LogP contribution in [0.15, 0.2) is 54.7 Å². The highest BCUT2D eigenvalue weighted by molar-refractivity contribution is 6.31. The van der Waals surface area contributed by atoms with E-state index >= 15 is 0 Å². The Kier molecular flexibility index (Phi) is 4.19. The maximum atomic E-state index is 12.3. The predicted octanol–water partition coefficient (Wildman–Crippen LogP) is 3.93. The first kappa shape index (κ1) is 16.4. The summed E-state index contributed by atoms with van der Waals surface area (Å²) in [6.07, 6.45) is 2.16. The smallest absolute Gasteiger partial charge is 0.226 e. The summed E-state index contributed by atoms with van der Waals surface area (Å²) in [5, 5.41) is 17.0. The number of nitrogens with one attached hydrogen (secondary N) is 1. The van der Waals surface area contributed by atoms with Gasteiger partial charge in [0.1, 0.15) is 5.82 Å². The van der Waals surface area contributed by atoms with Crippen molar-refractivity contribution in [3.63, 3.8) is 0 Å². The molecule has 1 atom stereocenters. The molecule has 128 valence electrons. The Morgan fingerprint density at radius 2 is 2.00 bits per heavy atom. The quantitative estimate of drug-likeness (QED) is 0.767. The van der Waals surface area contributed by atoms with E-state index in [1.54, 1.807) is 23.0 Å². The number of halogens is 1. The minimum Gasteiger partial charge on any atom is -0.311 e. The van der Waals surface area contributed by atoms with Crippen molar-refractivity contribution in [2.45, 2.75) is 18.9 Å². The molecule has 6 heteroatoms. The van der Waals surface area contributed by atoms with Gasteiger partial charge in [-0.05, 0) is 29.3 Å². The molecule has 5 nitrogen and oxygen atoms in total. The molecule has 26 heavy (non-hydrogen) atoms. The lowest BCUT2D eigenvalue weighted by Gasteiger charge is -2.24. The van der Waals surface area contributed by atoms with Gasteiger partial charge >= 0.3 is 0 Å². The number of nitrogens with zero attached hydrogens (tertiary/aromatic N) is 3. The number of aromatic nitrogens is 2. The molecule has 1 aliphatic rings. The predicted molar refractivity (Wildman–Crippen MR) is 99.0 cm³/mol. The van der Waals surface area contributed by atoms with E-state index in [0.717, 1.165) is 16.7 Å². The zero-order valence-electron chi connectivity index (χ0n) is 13.8. The molecular formula is C20H15ClN4O. The lowest BCUT2D eigenvalue weighted by atomic mass is 9.87. The van der Waals surface area contributed by atoms with Crippen LogP contribution in [-0.2, 0) is 11.3 Å². The molecular weight excluding hydrogens is 348 g/mol. The van der Waals surface area contributed by atoms with Gasteiger partial charge < -0.3 is 5.32 Å². The van der Waals surface area contributed by atoms with Gasteiger partial charge in [0.25, 0.3) is 0 Å². The first-order chi connectivity index (χ1) is 12.7. The number of fused-ring (bicyclic) bond motifs is 1. The Hall–Kier alpha value is -3.10. The maximum Gasteiger partial charge on any atom is 0.226 e. The van der Waals surface area contributed by atoms with Crippen LogP contribution < -0.4 is 5.32 Å². The number of hydrogen-bond acceptors (Lipinski definition) is 3. The topological polar surface area (TPSA) is 70.7 Å². The molecule has 4 rings (SSSR count). The van der Waals surface area contributed by atoms with Crippen molar-refractivity contribution in [3.8, 4) is 6.07 Å². The van der Waals surface area contributed by atoms with Crippen molar-refractivity contribution in [2.75, 3.05) is 5.32 Å². The Morgan fingerprint density at radius 3 is 2.73 bits per heavy atom. The molecule has 0 spiro atoms. The van der Waals surface area contributed by atoms with Crippen molar-refractivity contribution >= 4 is 23.3 Å². The Balaban J connectivity index is 1.70. The summed E-state index contributed by atoms with van der Waals surface area (Å²) in [5.74, 6) is 0.579. The van der Waals surface area contributed by atoms with E-state index in [1.165, 1.54) is 0 Å². The number of amides is 1. The zero-order valence-corrected chi connectivity index (χ0v) is 14.6. The number of carbonyl (C=O) groups is 1. The van der Waals surface area contributed by atoms with Crippen LogP contribution in [0.3, 0.4) is 0 Å². The fourth-order valence-corrected chi connectivity index (χ4v) is 3.46. The summed E-state index contributed by atoms with van der Waals surface area (Å²) in [4.78, 5) is 12.3. The van der Waals surface area contributed by atoms with Gasteiger partial charge in [0, 0.05) is 22.9 Å². The molecule has 3 aromatic rings. The van der Waals surface area contributed by atoms with E-state index in [9.17, 15) is 4.79 Å². The minimum absolute atomic E-state index is 0.0484. The lowest BCUT2D eigenvalue weighted by Crippen LogP contribution is -2.25. The van der Waals surface area contributed by atoms with Gasteiger partial charge in [-0.2, -0.15) is 10.4 Å². The molecule has 0 fully saturated rings. The summed E-state index contributed by atoms with van der Waals surface area (Å²) in [6.45, 7) is 0.482. The number of benzene rings is 2. The van der Waals surface area contributed by atoms with Gasteiger partial charge in [-0.15, -0.1) is 0 Å². The number of carbonyl (C=O) groups excluding carboxylic acids is 1. The molecule has 0 saturated heterocycles. The third kappa shape index (κ3) is 2.96. The highest BCUT2D eigenvalue weighted by Gasteiger charge is 2.30. The summed E-state index contributed by atoms with van der Waals surface area (Å²) < 4.78 is 1.77. The molecule has 1 aliphatic heterocycles. The SMILES string of the molecule is N#Cc1ccc([C@H]2CC(=O)Nc3c2cnn3Cc2ccccc2Cl)cc1. The summed E-state index contributed by atoms with van der Waals surface area (Å²) in [7, 11) is 0. The molecule has 1 amide bonds. The van der Waals surface area contributed by atoms with Crippen LogP contribution in [0.25, 0.3) is 0 Å². The molecule has 0 aliphatic carbocycles. The second-order valence-corrected chi connectivity index (χ2v) is 6.64. The normalized spacial score (nSPS) is 15.8. The van der Waals surface area contributed by atoms with Gasteiger partial charge in [-0.25, -0.2) is 4.68 Å². The molecule has 0 unspecified atom stereocenters.